The molecule has 0 saturated heterocycles. The van der Waals surface area contributed by atoms with E-state index in [0.717, 1.165) is 24.3 Å². The Balaban J connectivity index is 1.50. The van der Waals surface area contributed by atoms with E-state index in [1.165, 1.54) is 38.5 Å². The minimum atomic E-state index is 0.106. The summed E-state index contributed by atoms with van der Waals surface area (Å²) in [5.74, 6) is 3.60. The molecule has 4 aliphatic carbocycles. The Morgan fingerprint density at radius 1 is 1.12 bits per heavy atom. The average molecular weight is 327 g/mol. The summed E-state index contributed by atoms with van der Waals surface area (Å²) in [5, 5.41) is 0. The van der Waals surface area contributed by atoms with Crippen molar-refractivity contribution in [1.29, 1.82) is 0 Å². The molecule has 1 aromatic carbocycles. The molecule has 4 saturated carbocycles. The Morgan fingerprint density at radius 2 is 1.71 bits per heavy atom. The van der Waals surface area contributed by atoms with Crippen LogP contribution in [0.1, 0.15) is 55.8 Å². The number of carbonyl (C=O) groups excluding carboxylic acids is 1. The minimum absolute atomic E-state index is 0.106. The lowest BCUT2D eigenvalue weighted by atomic mass is 9.49. The van der Waals surface area contributed by atoms with Crippen LogP contribution < -0.4 is 4.74 Å². The largest absolute Gasteiger partial charge is 0.493 e. The summed E-state index contributed by atoms with van der Waals surface area (Å²) >= 11 is 0. The van der Waals surface area contributed by atoms with Gasteiger partial charge in [0.1, 0.15) is 5.75 Å². The second kappa shape index (κ2) is 6.09. The molecule has 3 heteroatoms. The van der Waals surface area contributed by atoms with Crippen LogP contribution in [-0.4, -0.2) is 31.0 Å². The number of rotatable bonds is 5. The molecule has 0 unspecified atom stereocenters. The number of ether oxygens (including phenoxy) is 1. The first-order valence-corrected chi connectivity index (χ1v) is 9.56. The summed E-state index contributed by atoms with van der Waals surface area (Å²) in [4.78, 5) is 15.0. The van der Waals surface area contributed by atoms with E-state index in [2.05, 4.69) is 0 Å². The highest BCUT2D eigenvalue weighted by Crippen LogP contribution is 2.60. The fourth-order valence-electron chi connectivity index (χ4n) is 6.19. The van der Waals surface area contributed by atoms with Gasteiger partial charge in [-0.25, -0.2) is 0 Å². The Labute approximate surface area is 145 Å². The van der Waals surface area contributed by atoms with Crippen molar-refractivity contribution in [2.45, 2.75) is 45.4 Å². The second-order valence-corrected chi connectivity index (χ2v) is 8.51. The van der Waals surface area contributed by atoms with Gasteiger partial charge in [-0.2, -0.15) is 0 Å². The first-order valence-electron chi connectivity index (χ1n) is 9.56. The first kappa shape index (κ1) is 16.0. The summed E-state index contributed by atoms with van der Waals surface area (Å²) in [6.07, 6.45) is 8.36. The maximum atomic E-state index is 13.0. The molecule has 4 aliphatic rings. The van der Waals surface area contributed by atoms with E-state index in [0.29, 0.717) is 23.3 Å². The van der Waals surface area contributed by atoms with Crippen LogP contribution in [0.2, 0.25) is 0 Å². The molecule has 0 aromatic heterocycles. The molecule has 1 aromatic rings. The highest BCUT2D eigenvalue weighted by Gasteiger charge is 2.51. The molecule has 0 aliphatic heterocycles. The third-order valence-electron chi connectivity index (χ3n) is 6.50. The normalized spacial score (nSPS) is 33.5. The molecule has 5 rings (SSSR count). The monoisotopic (exact) mass is 327 g/mol. The molecular weight excluding hydrogens is 298 g/mol. The van der Waals surface area contributed by atoms with Crippen LogP contribution in [0.25, 0.3) is 0 Å². The van der Waals surface area contributed by atoms with Gasteiger partial charge in [-0.05, 0) is 80.8 Å². The molecule has 0 N–H and O–H groups in total. The van der Waals surface area contributed by atoms with Gasteiger partial charge in [0.25, 0.3) is 5.91 Å². The summed E-state index contributed by atoms with van der Waals surface area (Å²) in [5.41, 5.74) is 1.09. The molecular formula is C21H29NO2. The lowest BCUT2D eigenvalue weighted by molar-refractivity contribution is -0.0629. The SMILES string of the molecule is CCOc1ccccc1C(=O)N(C)CC12CC3CC(CC(C3)C1)C2. The van der Waals surface area contributed by atoms with Gasteiger partial charge in [0.15, 0.2) is 0 Å². The van der Waals surface area contributed by atoms with Crippen molar-refractivity contribution < 1.29 is 9.53 Å². The Morgan fingerprint density at radius 3 is 2.29 bits per heavy atom. The van der Waals surface area contributed by atoms with E-state index in [1.807, 2.05) is 43.1 Å². The zero-order valence-corrected chi connectivity index (χ0v) is 15.0. The number of carbonyl (C=O) groups is 1. The lowest BCUT2D eigenvalue weighted by Gasteiger charge is -2.57. The van der Waals surface area contributed by atoms with Gasteiger partial charge in [-0.3, -0.25) is 4.79 Å². The van der Waals surface area contributed by atoms with Gasteiger partial charge < -0.3 is 9.64 Å². The van der Waals surface area contributed by atoms with Crippen molar-refractivity contribution in [2.75, 3.05) is 20.2 Å². The van der Waals surface area contributed by atoms with Gasteiger partial charge in [0, 0.05) is 13.6 Å². The van der Waals surface area contributed by atoms with Gasteiger partial charge in [-0.1, -0.05) is 12.1 Å². The van der Waals surface area contributed by atoms with Crippen LogP contribution in [0.3, 0.4) is 0 Å². The number of benzene rings is 1. The van der Waals surface area contributed by atoms with Gasteiger partial charge in [-0.15, -0.1) is 0 Å². The Bertz CT molecular complexity index is 589. The fraction of sp³-hybridized carbons (Fsp3) is 0.667. The summed E-state index contributed by atoms with van der Waals surface area (Å²) in [7, 11) is 1.98. The van der Waals surface area contributed by atoms with Crippen molar-refractivity contribution in [3.05, 3.63) is 29.8 Å². The predicted molar refractivity (Wildman–Crippen MR) is 95.2 cm³/mol. The van der Waals surface area contributed by atoms with Gasteiger partial charge in [0.2, 0.25) is 0 Å². The van der Waals surface area contributed by atoms with E-state index >= 15 is 0 Å². The summed E-state index contributed by atoms with van der Waals surface area (Å²) in [6.45, 7) is 3.46. The van der Waals surface area contributed by atoms with Crippen molar-refractivity contribution in [2.24, 2.45) is 23.2 Å². The number of nitrogens with zero attached hydrogens (tertiary/aromatic N) is 1. The minimum Gasteiger partial charge on any atom is -0.493 e. The number of amides is 1. The maximum absolute atomic E-state index is 13.0. The molecule has 0 radical (unpaired) electrons. The highest BCUT2D eigenvalue weighted by atomic mass is 16.5. The summed E-state index contributed by atoms with van der Waals surface area (Å²) < 4.78 is 5.65. The Hall–Kier alpha value is -1.51. The zero-order valence-electron chi connectivity index (χ0n) is 15.0. The predicted octanol–water partition coefficient (Wildman–Crippen LogP) is 4.37. The van der Waals surface area contributed by atoms with E-state index in [1.54, 1.807) is 0 Å². The maximum Gasteiger partial charge on any atom is 0.257 e. The standard InChI is InChI=1S/C21H29NO2/c1-3-24-19-7-5-4-6-18(19)20(23)22(2)14-21-11-15-8-16(12-21)10-17(9-15)13-21/h4-7,15-17H,3,8-14H2,1-2H3. The van der Waals surface area contributed by atoms with Crippen LogP contribution in [0.5, 0.6) is 5.75 Å². The second-order valence-electron chi connectivity index (χ2n) is 8.51. The number of hydrogen-bond donors (Lipinski definition) is 0. The summed E-state index contributed by atoms with van der Waals surface area (Å²) in [6, 6.07) is 7.65. The van der Waals surface area contributed by atoms with Crippen LogP contribution in [0, 0.1) is 23.2 Å². The van der Waals surface area contributed by atoms with Crippen molar-refractivity contribution >= 4 is 5.91 Å². The number of hydrogen-bond acceptors (Lipinski definition) is 2. The third-order valence-corrected chi connectivity index (χ3v) is 6.50. The molecule has 1 amide bonds. The van der Waals surface area contributed by atoms with Crippen LogP contribution in [0.15, 0.2) is 24.3 Å². The topological polar surface area (TPSA) is 29.5 Å². The molecule has 0 spiro atoms. The molecule has 4 fully saturated rings. The average Bonchev–Trinajstić information content (AvgIpc) is 2.53. The number of para-hydroxylation sites is 1. The van der Waals surface area contributed by atoms with Crippen molar-refractivity contribution in [3.8, 4) is 5.75 Å². The van der Waals surface area contributed by atoms with E-state index in [4.69, 9.17) is 4.74 Å². The van der Waals surface area contributed by atoms with E-state index < -0.39 is 0 Å². The van der Waals surface area contributed by atoms with E-state index in [-0.39, 0.29) is 5.91 Å². The molecule has 24 heavy (non-hydrogen) atoms. The van der Waals surface area contributed by atoms with Crippen molar-refractivity contribution in [1.82, 2.24) is 4.90 Å². The third kappa shape index (κ3) is 2.82. The van der Waals surface area contributed by atoms with Crippen LogP contribution >= 0.6 is 0 Å². The van der Waals surface area contributed by atoms with Crippen molar-refractivity contribution in [3.63, 3.8) is 0 Å². The van der Waals surface area contributed by atoms with Gasteiger partial charge in [0.05, 0.1) is 12.2 Å². The van der Waals surface area contributed by atoms with Gasteiger partial charge >= 0.3 is 0 Å². The molecule has 0 atom stereocenters. The molecule has 4 bridgehead atoms. The smallest absolute Gasteiger partial charge is 0.257 e. The molecule has 130 valence electrons. The first-order chi connectivity index (χ1) is 11.6. The van der Waals surface area contributed by atoms with Crippen LogP contribution in [-0.2, 0) is 0 Å². The quantitative estimate of drug-likeness (QED) is 0.803. The lowest BCUT2D eigenvalue weighted by Crippen LogP contribution is -2.51. The molecule has 0 heterocycles. The Kier molecular flexibility index (Phi) is 4.06. The zero-order chi connectivity index (χ0) is 16.7. The van der Waals surface area contributed by atoms with Crippen LogP contribution in [0.4, 0.5) is 0 Å². The highest BCUT2D eigenvalue weighted by molar-refractivity contribution is 5.96. The van der Waals surface area contributed by atoms with E-state index in [9.17, 15) is 4.79 Å². The fourth-order valence-corrected chi connectivity index (χ4v) is 6.19. The molecule has 3 nitrogen and oxygen atoms in total.